The van der Waals surface area contributed by atoms with Crippen LogP contribution in [0.5, 0.6) is 0 Å². The van der Waals surface area contributed by atoms with Gasteiger partial charge in [0.15, 0.2) is 0 Å². The van der Waals surface area contributed by atoms with E-state index in [1.165, 1.54) is 0 Å². The molecule has 0 atom stereocenters. The van der Waals surface area contributed by atoms with Crippen LogP contribution < -0.4 is 11.1 Å². The molecule has 3 nitrogen and oxygen atoms in total. The SMILES string of the molecule is Nc1ccccc1CNC(=O)c1c(Cl)cccc1Cl. The van der Waals surface area contributed by atoms with Crippen LogP contribution >= 0.6 is 23.2 Å². The minimum atomic E-state index is -0.321. The second kappa shape index (κ2) is 5.95. The molecule has 0 heterocycles. The fraction of sp³-hybridized carbons (Fsp3) is 0.0714. The van der Waals surface area contributed by atoms with Crippen LogP contribution in [-0.2, 0) is 6.54 Å². The fourth-order valence-corrected chi connectivity index (χ4v) is 2.24. The van der Waals surface area contributed by atoms with Crippen LogP contribution in [0.1, 0.15) is 15.9 Å². The van der Waals surface area contributed by atoms with E-state index in [-0.39, 0.29) is 11.5 Å². The van der Waals surface area contributed by atoms with Gasteiger partial charge in [-0.15, -0.1) is 0 Å². The smallest absolute Gasteiger partial charge is 0.254 e. The molecule has 0 fully saturated rings. The van der Waals surface area contributed by atoms with Crippen LogP contribution in [0.2, 0.25) is 10.0 Å². The van der Waals surface area contributed by atoms with Gasteiger partial charge in [0.25, 0.3) is 5.91 Å². The number of carbonyl (C=O) groups is 1. The number of para-hydroxylation sites is 1. The van der Waals surface area contributed by atoms with Gasteiger partial charge in [-0.25, -0.2) is 0 Å². The van der Waals surface area contributed by atoms with Gasteiger partial charge in [0.05, 0.1) is 15.6 Å². The van der Waals surface area contributed by atoms with E-state index in [4.69, 9.17) is 28.9 Å². The van der Waals surface area contributed by atoms with E-state index in [9.17, 15) is 4.79 Å². The van der Waals surface area contributed by atoms with E-state index in [1.807, 2.05) is 18.2 Å². The van der Waals surface area contributed by atoms with Crippen molar-refractivity contribution in [3.05, 3.63) is 63.6 Å². The lowest BCUT2D eigenvalue weighted by Crippen LogP contribution is -2.24. The normalized spacial score (nSPS) is 10.2. The average molecular weight is 295 g/mol. The van der Waals surface area contributed by atoms with E-state index < -0.39 is 0 Å². The number of carbonyl (C=O) groups excluding carboxylic acids is 1. The molecule has 2 aromatic rings. The maximum absolute atomic E-state index is 12.1. The molecule has 0 aliphatic heterocycles. The van der Waals surface area contributed by atoms with Crippen molar-refractivity contribution in [2.45, 2.75) is 6.54 Å². The van der Waals surface area contributed by atoms with Crippen LogP contribution in [0.4, 0.5) is 5.69 Å². The summed E-state index contributed by atoms with van der Waals surface area (Å²) in [7, 11) is 0. The Bertz CT molecular complexity index is 594. The second-order valence-electron chi connectivity index (χ2n) is 3.98. The standard InChI is InChI=1S/C14H12Cl2N2O/c15-10-5-3-6-11(16)13(10)14(19)18-8-9-4-1-2-7-12(9)17/h1-7H,8,17H2,(H,18,19). The first-order chi connectivity index (χ1) is 9.09. The second-order valence-corrected chi connectivity index (χ2v) is 4.79. The van der Waals surface area contributed by atoms with E-state index in [2.05, 4.69) is 5.32 Å². The van der Waals surface area contributed by atoms with Crippen molar-refractivity contribution >= 4 is 34.8 Å². The minimum absolute atomic E-state index is 0.278. The van der Waals surface area contributed by atoms with Crippen LogP contribution in [-0.4, -0.2) is 5.91 Å². The Labute approximate surface area is 121 Å². The molecule has 0 saturated heterocycles. The van der Waals surface area contributed by atoms with Crippen LogP contribution in [0, 0.1) is 0 Å². The summed E-state index contributed by atoms with van der Waals surface area (Å²) in [6, 6.07) is 12.3. The molecule has 2 rings (SSSR count). The van der Waals surface area contributed by atoms with E-state index >= 15 is 0 Å². The molecule has 0 spiro atoms. The number of nitrogens with two attached hydrogens (primary N) is 1. The summed E-state index contributed by atoms with van der Waals surface area (Å²) >= 11 is 11.9. The van der Waals surface area contributed by atoms with Crippen LogP contribution in [0.3, 0.4) is 0 Å². The molecule has 0 aromatic heterocycles. The molecular formula is C14H12Cl2N2O. The predicted octanol–water partition coefficient (Wildman–Crippen LogP) is 3.51. The lowest BCUT2D eigenvalue weighted by molar-refractivity contribution is 0.0951. The van der Waals surface area contributed by atoms with Crippen molar-refractivity contribution in [2.75, 3.05) is 5.73 Å². The third kappa shape index (κ3) is 3.19. The first-order valence-electron chi connectivity index (χ1n) is 5.65. The maximum atomic E-state index is 12.1. The Morgan fingerprint density at radius 3 is 2.32 bits per heavy atom. The number of nitrogen functional groups attached to an aromatic ring is 1. The highest BCUT2D eigenvalue weighted by atomic mass is 35.5. The molecule has 0 saturated carbocycles. The van der Waals surface area contributed by atoms with Crippen molar-refractivity contribution in [1.82, 2.24) is 5.32 Å². The predicted molar refractivity (Wildman–Crippen MR) is 78.5 cm³/mol. The molecule has 2 aromatic carbocycles. The summed E-state index contributed by atoms with van der Waals surface area (Å²) in [5.41, 5.74) is 7.56. The van der Waals surface area contributed by atoms with Gasteiger partial charge in [-0.05, 0) is 23.8 Å². The summed E-state index contributed by atoms with van der Waals surface area (Å²) in [4.78, 5) is 12.1. The molecule has 98 valence electrons. The number of rotatable bonds is 3. The Morgan fingerprint density at radius 1 is 1.05 bits per heavy atom. The highest BCUT2D eigenvalue weighted by Crippen LogP contribution is 2.24. The zero-order valence-corrected chi connectivity index (χ0v) is 11.5. The molecule has 0 bridgehead atoms. The zero-order valence-electron chi connectivity index (χ0n) is 9.99. The Kier molecular flexibility index (Phi) is 4.30. The number of benzene rings is 2. The molecule has 0 unspecified atom stereocenters. The average Bonchev–Trinajstić information content (AvgIpc) is 2.37. The number of hydrogen-bond donors (Lipinski definition) is 2. The number of hydrogen-bond acceptors (Lipinski definition) is 2. The molecule has 0 aliphatic carbocycles. The van der Waals surface area contributed by atoms with Gasteiger partial charge in [0.2, 0.25) is 0 Å². The van der Waals surface area contributed by atoms with Crippen molar-refractivity contribution in [3.63, 3.8) is 0 Å². The summed E-state index contributed by atoms with van der Waals surface area (Å²) in [5.74, 6) is -0.321. The molecule has 0 radical (unpaired) electrons. The maximum Gasteiger partial charge on any atom is 0.254 e. The van der Waals surface area contributed by atoms with Gasteiger partial charge in [0, 0.05) is 12.2 Å². The molecule has 1 amide bonds. The Hall–Kier alpha value is -1.71. The molecule has 19 heavy (non-hydrogen) atoms. The van der Waals surface area contributed by atoms with Gasteiger partial charge in [0.1, 0.15) is 0 Å². The lowest BCUT2D eigenvalue weighted by atomic mass is 10.1. The quantitative estimate of drug-likeness (QED) is 0.851. The van der Waals surface area contributed by atoms with E-state index in [1.54, 1.807) is 24.3 Å². The first kappa shape index (κ1) is 13.7. The number of nitrogens with one attached hydrogen (secondary N) is 1. The summed E-state index contributed by atoms with van der Waals surface area (Å²) in [6.45, 7) is 0.326. The zero-order chi connectivity index (χ0) is 13.8. The van der Waals surface area contributed by atoms with Crippen molar-refractivity contribution in [2.24, 2.45) is 0 Å². The van der Waals surface area contributed by atoms with Crippen molar-refractivity contribution in [3.8, 4) is 0 Å². The highest BCUT2D eigenvalue weighted by Gasteiger charge is 2.14. The monoisotopic (exact) mass is 294 g/mol. The van der Waals surface area contributed by atoms with Crippen molar-refractivity contribution in [1.29, 1.82) is 0 Å². The number of halogens is 2. The van der Waals surface area contributed by atoms with Gasteiger partial charge >= 0.3 is 0 Å². The molecule has 5 heteroatoms. The highest BCUT2D eigenvalue weighted by molar-refractivity contribution is 6.39. The lowest BCUT2D eigenvalue weighted by Gasteiger charge is -2.09. The third-order valence-corrected chi connectivity index (χ3v) is 3.31. The summed E-state index contributed by atoms with van der Waals surface area (Å²) in [6.07, 6.45) is 0. The number of anilines is 1. The summed E-state index contributed by atoms with van der Waals surface area (Å²) < 4.78 is 0. The van der Waals surface area contributed by atoms with Crippen molar-refractivity contribution < 1.29 is 4.79 Å². The first-order valence-corrected chi connectivity index (χ1v) is 6.41. The molecular weight excluding hydrogens is 283 g/mol. The molecule has 3 N–H and O–H groups in total. The van der Waals surface area contributed by atoms with Gasteiger partial charge in [-0.1, -0.05) is 47.5 Å². The Balaban J connectivity index is 2.13. The topological polar surface area (TPSA) is 55.1 Å². The largest absolute Gasteiger partial charge is 0.398 e. The van der Waals surface area contributed by atoms with E-state index in [0.717, 1.165) is 5.56 Å². The fourth-order valence-electron chi connectivity index (χ4n) is 1.67. The van der Waals surface area contributed by atoms with Gasteiger partial charge in [-0.2, -0.15) is 0 Å². The molecule has 0 aliphatic rings. The van der Waals surface area contributed by atoms with Gasteiger partial charge < -0.3 is 11.1 Å². The Morgan fingerprint density at radius 2 is 1.68 bits per heavy atom. The van der Waals surface area contributed by atoms with Gasteiger partial charge in [-0.3, -0.25) is 4.79 Å². The van der Waals surface area contributed by atoms with E-state index in [0.29, 0.717) is 22.3 Å². The summed E-state index contributed by atoms with van der Waals surface area (Å²) in [5, 5.41) is 3.40. The van der Waals surface area contributed by atoms with Crippen LogP contribution in [0.25, 0.3) is 0 Å². The number of amides is 1. The van der Waals surface area contributed by atoms with Crippen LogP contribution in [0.15, 0.2) is 42.5 Å². The third-order valence-electron chi connectivity index (χ3n) is 2.68. The minimum Gasteiger partial charge on any atom is -0.398 e.